The highest BCUT2D eigenvalue weighted by atomic mass is 19.4. The van der Waals surface area contributed by atoms with Crippen LogP contribution in [0.25, 0.3) is 0 Å². The number of methoxy groups -OCH3 is 1. The van der Waals surface area contributed by atoms with Crippen LogP contribution in [0.15, 0.2) is 30.3 Å². The number of amides is 2. The number of carbonyl (C=O) groups is 3. The number of nitrogens with one attached hydrogen (secondary N) is 2. The first kappa shape index (κ1) is 30.1. The molecule has 2 atom stereocenters. The molecule has 2 saturated carbocycles. The Morgan fingerprint density at radius 2 is 1.63 bits per heavy atom. The van der Waals surface area contributed by atoms with Crippen molar-refractivity contribution in [1.29, 1.82) is 0 Å². The van der Waals surface area contributed by atoms with Gasteiger partial charge in [0.05, 0.1) is 36.2 Å². The molecular formula is C28H29F5N2O6. The minimum atomic E-state index is -4.94. The zero-order valence-electron chi connectivity index (χ0n) is 22.0. The number of alkyl halides is 3. The summed E-state index contributed by atoms with van der Waals surface area (Å²) >= 11 is 0. The SMILES string of the molecule is COc1cc(F)c(OC2CCC(C(=O)O)CC2)cc1C(=O)N[C@@H]1CCC[C@@H]1C(=O)Nc1ccc(F)c(C(F)(F)F)c1. The van der Waals surface area contributed by atoms with Crippen LogP contribution in [0, 0.1) is 23.5 Å². The minimum Gasteiger partial charge on any atom is -0.496 e. The fraction of sp³-hybridized carbons (Fsp3) is 0.464. The van der Waals surface area contributed by atoms with Crippen molar-refractivity contribution in [3.05, 3.63) is 53.1 Å². The van der Waals surface area contributed by atoms with E-state index < -0.39 is 65.1 Å². The zero-order valence-corrected chi connectivity index (χ0v) is 22.0. The Morgan fingerprint density at radius 3 is 2.27 bits per heavy atom. The summed E-state index contributed by atoms with van der Waals surface area (Å²) in [7, 11) is 1.25. The van der Waals surface area contributed by atoms with E-state index in [0.717, 1.165) is 12.1 Å². The van der Waals surface area contributed by atoms with Crippen molar-refractivity contribution in [2.24, 2.45) is 11.8 Å². The summed E-state index contributed by atoms with van der Waals surface area (Å²) in [6.07, 6.45) is -2.51. The van der Waals surface area contributed by atoms with E-state index in [2.05, 4.69) is 10.6 Å². The maximum absolute atomic E-state index is 14.8. The minimum absolute atomic E-state index is 0.0532. The molecule has 41 heavy (non-hydrogen) atoms. The molecule has 3 N–H and O–H groups in total. The largest absolute Gasteiger partial charge is 0.496 e. The summed E-state index contributed by atoms with van der Waals surface area (Å²) in [5, 5.41) is 14.3. The Kier molecular flexibility index (Phi) is 9.03. The van der Waals surface area contributed by atoms with Gasteiger partial charge in [0.25, 0.3) is 5.91 Å². The number of hydrogen-bond acceptors (Lipinski definition) is 5. The highest BCUT2D eigenvalue weighted by Crippen LogP contribution is 2.35. The van der Waals surface area contributed by atoms with Crippen molar-refractivity contribution in [2.75, 3.05) is 12.4 Å². The first-order valence-electron chi connectivity index (χ1n) is 13.1. The van der Waals surface area contributed by atoms with Gasteiger partial charge in [-0.3, -0.25) is 14.4 Å². The van der Waals surface area contributed by atoms with Crippen LogP contribution in [0.4, 0.5) is 27.6 Å². The molecule has 222 valence electrons. The van der Waals surface area contributed by atoms with Crippen molar-refractivity contribution in [3.63, 3.8) is 0 Å². The van der Waals surface area contributed by atoms with E-state index in [1.807, 2.05) is 0 Å². The molecular weight excluding hydrogens is 555 g/mol. The van der Waals surface area contributed by atoms with Crippen LogP contribution in [0.3, 0.4) is 0 Å². The summed E-state index contributed by atoms with van der Waals surface area (Å²) < 4.78 is 78.5. The van der Waals surface area contributed by atoms with Gasteiger partial charge in [0.2, 0.25) is 5.91 Å². The number of carboxylic acid groups (broad SMARTS) is 1. The smallest absolute Gasteiger partial charge is 0.419 e. The number of hydrogen-bond donors (Lipinski definition) is 3. The molecule has 0 unspecified atom stereocenters. The van der Waals surface area contributed by atoms with E-state index >= 15 is 0 Å². The lowest BCUT2D eigenvalue weighted by Gasteiger charge is -2.27. The van der Waals surface area contributed by atoms with Gasteiger partial charge in [-0.05, 0) is 62.8 Å². The van der Waals surface area contributed by atoms with E-state index in [0.29, 0.717) is 57.1 Å². The average molecular weight is 585 g/mol. The predicted molar refractivity (Wildman–Crippen MR) is 136 cm³/mol. The molecule has 2 aliphatic carbocycles. The van der Waals surface area contributed by atoms with E-state index in [4.69, 9.17) is 14.6 Å². The lowest BCUT2D eigenvalue weighted by molar-refractivity contribution is -0.143. The number of rotatable bonds is 8. The van der Waals surface area contributed by atoms with Crippen LogP contribution in [-0.2, 0) is 15.8 Å². The third-order valence-corrected chi connectivity index (χ3v) is 7.52. The van der Waals surface area contributed by atoms with Gasteiger partial charge in [-0.2, -0.15) is 13.2 Å². The number of carbonyl (C=O) groups excluding carboxylic acids is 2. The summed E-state index contributed by atoms with van der Waals surface area (Å²) in [5.41, 5.74) is -1.80. The molecule has 0 saturated heterocycles. The second-order valence-electron chi connectivity index (χ2n) is 10.2. The van der Waals surface area contributed by atoms with Gasteiger partial charge in [-0.1, -0.05) is 6.42 Å². The van der Waals surface area contributed by atoms with Crippen molar-refractivity contribution in [1.82, 2.24) is 5.32 Å². The third-order valence-electron chi connectivity index (χ3n) is 7.52. The van der Waals surface area contributed by atoms with Gasteiger partial charge in [-0.15, -0.1) is 0 Å². The maximum atomic E-state index is 14.8. The summed E-state index contributed by atoms with van der Waals surface area (Å²) in [6.45, 7) is 0. The zero-order chi connectivity index (χ0) is 29.9. The van der Waals surface area contributed by atoms with Crippen LogP contribution in [-0.4, -0.2) is 42.1 Å². The molecule has 8 nitrogen and oxygen atoms in total. The Hall–Kier alpha value is -3.90. The predicted octanol–water partition coefficient (Wildman–Crippen LogP) is 5.55. The lowest BCUT2D eigenvalue weighted by Crippen LogP contribution is -2.42. The number of anilines is 1. The van der Waals surface area contributed by atoms with E-state index in [9.17, 15) is 36.3 Å². The van der Waals surface area contributed by atoms with Crippen LogP contribution >= 0.6 is 0 Å². The number of ether oxygens (including phenoxy) is 2. The van der Waals surface area contributed by atoms with Crippen molar-refractivity contribution < 1.29 is 50.9 Å². The molecule has 4 rings (SSSR count). The van der Waals surface area contributed by atoms with Crippen molar-refractivity contribution >= 4 is 23.5 Å². The monoisotopic (exact) mass is 584 g/mol. The standard InChI is InChI=1S/C28H29F5N2O6/c1-40-23-13-21(30)24(41-16-8-5-14(6-9-16)27(38)39)12-18(23)26(37)35-22-4-2-3-17(22)25(36)34-15-7-10-20(29)19(11-15)28(31,32)33/h7,10-14,16-17,22H,2-6,8-9H2,1H3,(H,34,36)(H,35,37)(H,38,39)/t14?,16?,17-,22+/m0/s1. The first-order valence-corrected chi connectivity index (χ1v) is 13.1. The molecule has 2 amide bonds. The lowest BCUT2D eigenvalue weighted by atomic mass is 9.87. The molecule has 2 aliphatic rings. The molecule has 13 heteroatoms. The van der Waals surface area contributed by atoms with Gasteiger partial charge in [0.1, 0.15) is 11.6 Å². The summed E-state index contributed by atoms with van der Waals surface area (Å²) in [6, 6.07) is 3.64. The number of benzene rings is 2. The Balaban J connectivity index is 1.45. The van der Waals surface area contributed by atoms with Crippen molar-refractivity contribution in [2.45, 2.75) is 63.3 Å². The van der Waals surface area contributed by atoms with Gasteiger partial charge in [-0.25, -0.2) is 8.78 Å². The quantitative estimate of drug-likeness (QED) is 0.351. The molecule has 0 heterocycles. The van der Waals surface area contributed by atoms with Gasteiger partial charge in [0, 0.05) is 17.8 Å². The maximum Gasteiger partial charge on any atom is 0.419 e. The Morgan fingerprint density at radius 1 is 0.927 bits per heavy atom. The van der Waals surface area contributed by atoms with Gasteiger partial charge >= 0.3 is 12.1 Å². The third kappa shape index (κ3) is 7.06. The fourth-order valence-electron chi connectivity index (χ4n) is 5.33. The van der Waals surface area contributed by atoms with Crippen LogP contribution < -0.4 is 20.1 Å². The normalized spacial score (nSPS) is 22.6. The molecule has 2 aromatic carbocycles. The molecule has 0 aromatic heterocycles. The fourth-order valence-corrected chi connectivity index (χ4v) is 5.33. The highest BCUT2D eigenvalue weighted by molar-refractivity contribution is 5.99. The Labute approximate surface area is 232 Å². The number of halogens is 5. The number of carboxylic acids is 1. The van der Waals surface area contributed by atoms with Gasteiger partial charge < -0.3 is 25.2 Å². The average Bonchev–Trinajstić information content (AvgIpc) is 3.38. The highest BCUT2D eigenvalue weighted by Gasteiger charge is 2.37. The van der Waals surface area contributed by atoms with E-state index in [1.165, 1.54) is 13.2 Å². The van der Waals surface area contributed by atoms with Crippen LogP contribution in [0.5, 0.6) is 11.5 Å². The van der Waals surface area contributed by atoms with Crippen molar-refractivity contribution in [3.8, 4) is 11.5 Å². The molecule has 2 aromatic rings. The topological polar surface area (TPSA) is 114 Å². The van der Waals surface area contributed by atoms with E-state index in [-0.39, 0.29) is 22.7 Å². The first-order chi connectivity index (χ1) is 19.4. The molecule has 0 aliphatic heterocycles. The number of aliphatic carboxylic acids is 1. The van der Waals surface area contributed by atoms with E-state index in [1.54, 1.807) is 0 Å². The molecule has 0 radical (unpaired) electrons. The summed E-state index contributed by atoms with van der Waals surface area (Å²) in [5.74, 6) is -5.99. The van der Waals surface area contributed by atoms with Gasteiger partial charge in [0.15, 0.2) is 11.6 Å². The second kappa shape index (κ2) is 12.3. The molecule has 2 fully saturated rings. The molecule has 0 bridgehead atoms. The molecule has 0 spiro atoms. The summed E-state index contributed by atoms with van der Waals surface area (Å²) in [4.78, 5) is 37.4. The van der Waals surface area contributed by atoms with Crippen LogP contribution in [0.1, 0.15) is 60.9 Å². The Bertz CT molecular complexity index is 1310. The second-order valence-corrected chi connectivity index (χ2v) is 10.2. The van der Waals surface area contributed by atoms with Crippen LogP contribution in [0.2, 0.25) is 0 Å².